The largest absolute Gasteiger partial charge is 0.481 e. The SMILES string of the molecule is N#Cc1ccc(CBr)cc1CC(=O)O. The predicted molar refractivity (Wildman–Crippen MR) is 55.1 cm³/mol. The summed E-state index contributed by atoms with van der Waals surface area (Å²) in [4.78, 5) is 10.5. The average Bonchev–Trinajstić information content (AvgIpc) is 2.16. The first-order chi connectivity index (χ1) is 6.67. The van der Waals surface area contributed by atoms with Gasteiger partial charge in [0.05, 0.1) is 18.1 Å². The Morgan fingerprint density at radius 1 is 1.57 bits per heavy atom. The van der Waals surface area contributed by atoms with Gasteiger partial charge < -0.3 is 5.11 Å². The van der Waals surface area contributed by atoms with Crippen LogP contribution >= 0.6 is 15.9 Å². The predicted octanol–water partition coefficient (Wildman–Crippen LogP) is 2.08. The van der Waals surface area contributed by atoms with Gasteiger partial charge >= 0.3 is 5.97 Å². The van der Waals surface area contributed by atoms with Crippen molar-refractivity contribution in [3.8, 4) is 6.07 Å². The van der Waals surface area contributed by atoms with Crippen molar-refractivity contribution in [2.24, 2.45) is 0 Å². The lowest BCUT2D eigenvalue weighted by Crippen LogP contribution is -2.02. The molecule has 1 rings (SSSR count). The van der Waals surface area contributed by atoms with Crippen LogP contribution in [0.2, 0.25) is 0 Å². The van der Waals surface area contributed by atoms with Gasteiger partial charge in [0.1, 0.15) is 0 Å². The van der Waals surface area contributed by atoms with Gasteiger partial charge in [0, 0.05) is 5.33 Å². The van der Waals surface area contributed by atoms with E-state index in [1.54, 1.807) is 18.2 Å². The van der Waals surface area contributed by atoms with Gasteiger partial charge in [-0.3, -0.25) is 4.79 Å². The fourth-order valence-corrected chi connectivity index (χ4v) is 1.50. The molecule has 0 aliphatic heterocycles. The number of aliphatic carboxylic acids is 1. The van der Waals surface area contributed by atoms with E-state index in [-0.39, 0.29) is 6.42 Å². The van der Waals surface area contributed by atoms with E-state index in [4.69, 9.17) is 10.4 Å². The molecule has 0 spiro atoms. The second-order valence-corrected chi connectivity index (χ2v) is 3.37. The molecule has 1 aromatic rings. The molecule has 4 heteroatoms. The molecule has 0 bridgehead atoms. The van der Waals surface area contributed by atoms with Crippen LogP contribution in [0.1, 0.15) is 16.7 Å². The van der Waals surface area contributed by atoms with Gasteiger partial charge in [-0.15, -0.1) is 0 Å². The zero-order valence-corrected chi connectivity index (χ0v) is 8.91. The molecule has 0 atom stereocenters. The van der Waals surface area contributed by atoms with Crippen LogP contribution in [-0.2, 0) is 16.5 Å². The first kappa shape index (κ1) is 10.7. The van der Waals surface area contributed by atoms with E-state index in [1.807, 2.05) is 6.07 Å². The molecule has 0 aromatic heterocycles. The molecule has 0 unspecified atom stereocenters. The lowest BCUT2D eigenvalue weighted by atomic mass is 10.0. The topological polar surface area (TPSA) is 61.1 Å². The van der Waals surface area contributed by atoms with Crippen molar-refractivity contribution in [3.63, 3.8) is 0 Å². The molecule has 3 nitrogen and oxygen atoms in total. The van der Waals surface area contributed by atoms with Crippen LogP contribution in [0.3, 0.4) is 0 Å². The summed E-state index contributed by atoms with van der Waals surface area (Å²) >= 11 is 3.27. The van der Waals surface area contributed by atoms with Gasteiger partial charge in [-0.25, -0.2) is 0 Å². The quantitative estimate of drug-likeness (QED) is 0.840. The van der Waals surface area contributed by atoms with E-state index in [1.165, 1.54) is 0 Å². The van der Waals surface area contributed by atoms with Crippen LogP contribution in [0.25, 0.3) is 0 Å². The van der Waals surface area contributed by atoms with Crippen molar-refractivity contribution in [3.05, 3.63) is 34.9 Å². The molecule has 0 saturated carbocycles. The minimum Gasteiger partial charge on any atom is -0.481 e. The van der Waals surface area contributed by atoms with Crippen LogP contribution in [0.15, 0.2) is 18.2 Å². The molecule has 0 amide bonds. The third kappa shape index (κ3) is 2.57. The molecule has 0 saturated heterocycles. The lowest BCUT2D eigenvalue weighted by molar-refractivity contribution is -0.136. The Hall–Kier alpha value is -1.34. The summed E-state index contributed by atoms with van der Waals surface area (Å²) < 4.78 is 0. The number of hydrogen-bond donors (Lipinski definition) is 1. The first-order valence-corrected chi connectivity index (χ1v) is 5.09. The molecular weight excluding hydrogens is 246 g/mol. The zero-order valence-electron chi connectivity index (χ0n) is 7.33. The highest BCUT2D eigenvalue weighted by Gasteiger charge is 2.07. The number of benzene rings is 1. The first-order valence-electron chi connectivity index (χ1n) is 3.97. The maximum Gasteiger partial charge on any atom is 0.307 e. The fraction of sp³-hybridized carbons (Fsp3) is 0.200. The number of carbonyl (C=O) groups is 1. The van der Waals surface area contributed by atoms with E-state index in [2.05, 4.69) is 15.9 Å². The van der Waals surface area contributed by atoms with Crippen LogP contribution < -0.4 is 0 Å². The molecule has 0 heterocycles. The average molecular weight is 254 g/mol. The molecule has 1 N–H and O–H groups in total. The molecule has 0 fully saturated rings. The standard InChI is InChI=1S/C10H8BrNO2/c11-5-7-1-2-8(6-12)9(3-7)4-10(13)14/h1-3H,4-5H2,(H,13,14). The number of carboxylic acid groups (broad SMARTS) is 1. The van der Waals surface area contributed by atoms with Gasteiger partial charge in [-0.2, -0.15) is 5.26 Å². The van der Waals surface area contributed by atoms with Gasteiger partial charge in [0.15, 0.2) is 0 Å². The summed E-state index contributed by atoms with van der Waals surface area (Å²) in [7, 11) is 0. The van der Waals surface area contributed by atoms with E-state index in [0.717, 1.165) is 5.56 Å². The number of hydrogen-bond acceptors (Lipinski definition) is 2. The van der Waals surface area contributed by atoms with Gasteiger partial charge in [-0.1, -0.05) is 28.1 Å². The second kappa shape index (κ2) is 4.77. The van der Waals surface area contributed by atoms with Crippen molar-refractivity contribution < 1.29 is 9.90 Å². The molecule has 0 radical (unpaired) electrons. The van der Waals surface area contributed by atoms with Crippen LogP contribution in [-0.4, -0.2) is 11.1 Å². The third-order valence-electron chi connectivity index (χ3n) is 1.79. The highest BCUT2D eigenvalue weighted by atomic mass is 79.9. The normalized spacial score (nSPS) is 9.43. The maximum atomic E-state index is 10.5. The van der Waals surface area contributed by atoms with Gasteiger partial charge in [0.25, 0.3) is 0 Å². The van der Waals surface area contributed by atoms with Gasteiger partial charge in [-0.05, 0) is 17.2 Å². The maximum absolute atomic E-state index is 10.5. The van der Waals surface area contributed by atoms with E-state index in [9.17, 15) is 4.79 Å². The van der Waals surface area contributed by atoms with Crippen LogP contribution in [0, 0.1) is 11.3 Å². The zero-order chi connectivity index (χ0) is 10.6. The number of alkyl halides is 1. The number of nitriles is 1. The Morgan fingerprint density at radius 2 is 2.29 bits per heavy atom. The number of rotatable bonds is 3. The smallest absolute Gasteiger partial charge is 0.307 e. The molecule has 1 aromatic carbocycles. The highest BCUT2D eigenvalue weighted by Crippen LogP contribution is 2.14. The van der Waals surface area contributed by atoms with Crippen LogP contribution in [0.4, 0.5) is 0 Å². The molecule has 0 aliphatic carbocycles. The Bertz CT molecular complexity index is 396. The summed E-state index contributed by atoms with van der Waals surface area (Å²) in [5.41, 5.74) is 1.97. The Morgan fingerprint density at radius 3 is 2.79 bits per heavy atom. The highest BCUT2D eigenvalue weighted by molar-refractivity contribution is 9.08. The summed E-state index contributed by atoms with van der Waals surface area (Å²) in [6, 6.07) is 7.16. The minimum absolute atomic E-state index is 0.107. The molecule has 0 aliphatic rings. The van der Waals surface area contributed by atoms with Crippen molar-refractivity contribution in [1.82, 2.24) is 0 Å². The molecule has 14 heavy (non-hydrogen) atoms. The summed E-state index contributed by atoms with van der Waals surface area (Å²) in [5, 5.41) is 18.0. The molecular formula is C10H8BrNO2. The van der Waals surface area contributed by atoms with Crippen LogP contribution in [0.5, 0.6) is 0 Å². The number of carboxylic acids is 1. The second-order valence-electron chi connectivity index (χ2n) is 2.81. The van der Waals surface area contributed by atoms with E-state index < -0.39 is 5.97 Å². The minimum atomic E-state index is -0.923. The Balaban J connectivity index is 3.09. The third-order valence-corrected chi connectivity index (χ3v) is 2.43. The van der Waals surface area contributed by atoms with E-state index >= 15 is 0 Å². The monoisotopic (exact) mass is 253 g/mol. The van der Waals surface area contributed by atoms with Crippen molar-refractivity contribution in [1.29, 1.82) is 5.26 Å². The lowest BCUT2D eigenvalue weighted by Gasteiger charge is -2.02. The summed E-state index contributed by atoms with van der Waals surface area (Å²) in [5.74, 6) is -0.923. The van der Waals surface area contributed by atoms with Gasteiger partial charge in [0.2, 0.25) is 0 Å². The van der Waals surface area contributed by atoms with E-state index in [0.29, 0.717) is 16.5 Å². The number of halogens is 1. The summed E-state index contributed by atoms with van der Waals surface area (Å²) in [6.07, 6.45) is -0.107. The van der Waals surface area contributed by atoms with Crippen molar-refractivity contribution >= 4 is 21.9 Å². The van der Waals surface area contributed by atoms with Crippen molar-refractivity contribution in [2.45, 2.75) is 11.8 Å². The Labute approximate surface area is 90.1 Å². The molecule has 72 valence electrons. The van der Waals surface area contributed by atoms with Crippen molar-refractivity contribution in [2.75, 3.05) is 0 Å². The Kier molecular flexibility index (Phi) is 3.66. The fourth-order valence-electron chi connectivity index (χ4n) is 1.15. The number of nitrogens with zero attached hydrogens (tertiary/aromatic N) is 1. The summed E-state index contributed by atoms with van der Waals surface area (Å²) in [6.45, 7) is 0.